The lowest BCUT2D eigenvalue weighted by atomic mass is 10.3. The second-order valence-electron chi connectivity index (χ2n) is 3.24. The van der Waals surface area contributed by atoms with Crippen molar-refractivity contribution in [3.63, 3.8) is 0 Å². The molecule has 5 heteroatoms. The van der Waals surface area contributed by atoms with Crippen LogP contribution in [0.2, 0.25) is 0 Å². The Morgan fingerprint density at radius 3 is 2.25 bits per heavy atom. The summed E-state index contributed by atoms with van der Waals surface area (Å²) in [5.74, 6) is 0. The molecule has 0 heterocycles. The summed E-state index contributed by atoms with van der Waals surface area (Å²) in [6.07, 6.45) is 0.567. The minimum atomic E-state index is -2.54. The summed E-state index contributed by atoms with van der Waals surface area (Å²) in [4.78, 5) is 0. The Hall–Kier alpha value is -0.883. The van der Waals surface area contributed by atoms with E-state index in [-0.39, 0.29) is 0 Å². The summed E-state index contributed by atoms with van der Waals surface area (Å²) >= 11 is 0. The number of para-hydroxylation sites is 1. The van der Waals surface area contributed by atoms with Crippen LogP contribution in [-0.2, 0) is 13.3 Å². The molecule has 0 amide bonds. The third-order valence-electron chi connectivity index (χ3n) is 2.27. The molecule has 90 valence electrons. The Balaban J connectivity index is 2.56. The average molecular weight is 241 g/mol. The first-order chi connectivity index (χ1) is 7.76. The first-order valence-electron chi connectivity index (χ1n) is 5.29. The van der Waals surface area contributed by atoms with Crippen molar-refractivity contribution in [1.29, 1.82) is 0 Å². The van der Waals surface area contributed by atoms with E-state index in [0.717, 1.165) is 5.69 Å². The maximum absolute atomic E-state index is 5.58. The van der Waals surface area contributed by atoms with Gasteiger partial charge < -0.3 is 18.6 Å². The average Bonchev–Trinajstić information content (AvgIpc) is 2.36. The molecule has 0 saturated carbocycles. The van der Waals surface area contributed by atoms with Crippen LogP contribution in [0.15, 0.2) is 30.3 Å². The van der Waals surface area contributed by atoms with Gasteiger partial charge in [0.25, 0.3) is 0 Å². The first-order valence-corrected chi connectivity index (χ1v) is 7.22. The molecule has 1 aromatic carbocycles. The molecule has 0 spiro atoms. The molecule has 0 fully saturated rings. The third-order valence-corrected chi connectivity index (χ3v) is 4.85. The molecular formula is C11H19NO3Si. The number of nitrogens with one attached hydrogen (secondary N) is 1. The van der Waals surface area contributed by atoms with Gasteiger partial charge in [0, 0.05) is 26.5 Å². The molecule has 0 aliphatic heterocycles. The topological polar surface area (TPSA) is 39.7 Å². The van der Waals surface area contributed by atoms with Crippen molar-refractivity contribution in [2.45, 2.75) is 6.92 Å². The van der Waals surface area contributed by atoms with Crippen LogP contribution < -0.4 is 5.32 Å². The van der Waals surface area contributed by atoms with Gasteiger partial charge in [-0.3, -0.25) is 0 Å². The van der Waals surface area contributed by atoms with Gasteiger partial charge in [-0.05, 0) is 19.1 Å². The summed E-state index contributed by atoms with van der Waals surface area (Å²) < 4.78 is 16.3. The first kappa shape index (κ1) is 13.2. The van der Waals surface area contributed by atoms with Crippen molar-refractivity contribution in [3.05, 3.63) is 30.3 Å². The van der Waals surface area contributed by atoms with Gasteiger partial charge >= 0.3 is 8.80 Å². The zero-order valence-electron chi connectivity index (χ0n) is 10.0. The van der Waals surface area contributed by atoms with Crippen molar-refractivity contribution in [2.24, 2.45) is 0 Å². The summed E-state index contributed by atoms with van der Waals surface area (Å²) in [6, 6.07) is 9.93. The summed E-state index contributed by atoms with van der Waals surface area (Å²) in [5, 5.41) is 3.26. The van der Waals surface area contributed by atoms with Crippen LogP contribution in [0.4, 0.5) is 5.69 Å². The van der Waals surface area contributed by atoms with Gasteiger partial charge in [-0.15, -0.1) is 0 Å². The Morgan fingerprint density at radius 1 is 1.12 bits per heavy atom. The Kier molecular flexibility index (Phi) is 5.48. The molecule has 0 atom stereocenters. The van der Waals surface area contributed by atoms with Crippen LogP contribution >= 0.6 is 0 Å². The Morgan fingerprint density at radius 2 is 1.75 bits per heavy atom. The number of rotatable bonds is 7. The van der Waals surface area contributed by atoms with E-state index in [2.05, 4.69) is 5.32 Å². The van der Waals surface area contributed by atoms with E-state index in [0.29, 0.717) is 12.8 Å². The fraction of sp³-hybridized carbons (Fsp3) is 0.455. The molecule has 0 aromatic heterocycles. The van der Waals surface area contributed by atoms with E-state index in [1.54, 1.807) is 14.2 Å². The van der Waals surface area contributed by atoms with Gasteiger partial charge in [0.1, 0.15) is 0 Å². The van der Waals surface area contributed by atoms with Crippen LogP contribution in [0.1, 0.15) is 6.92 Å². The van der Waals surface area contributed by atoms with Gasteiger partial charge in [-0.25, -0.2) is 0 Å². The van der Waals surface area contributed by atoms with E-state index in [4.69, 9.17) is 13.3 Å². The molecular weight excluding hydrogens is 222 g/mol. The summed E-state index contributed by atoms with van der Waals surface area (Å²) in [5.41, 5.74) is 1.04. The second kappa shape index (κ2) is 6.65. The highest BCUT2D eigenvalue weighted by Crippen LogP contribution is 2.11. The van der Waals surface area contributed by atoms with Crippen molar-refractivity contribution in [3.8, 4) is 0 Å². The lowest BCUT2D eigenvalue weighted by molar-refractivity contribution is 0.107. The minimum Gasteiger partial charge on any atom is -0.381 e. The fourth-order valence-corrected chi connectivity index (χ4v) is 3.04. The van der Waals surface area contributed by atoms with E-state index in [1.807, 2.05) is 37.3 Å². The van der Waals surface area contributed by atoms with E-state index in [1.165, 1.54) is 0 Å². The number of benzene rings is 1. The summed E-state index contributed by atoms with van der Waals surface area (Å²) in [6.45, 7) is 2.52. The molecule has 16 heavy (non-hydrogen) atoms. The molecule has 0 bridgehead atoms. The molecule has 0 aliphatic carbocycles. The molecule has 0 radical (unpaired) electrons. The maximum atomic E-state index is 5.58. The lowest BCUT2D eigenvalue weighted by Gasteiger charge is -2.26. The predicted octanol–water partition coefficient (Wildman–Crippen LogP) is 1.91. The van der Waals surface area contributed by atoms with Crippen molar-refractivity contribution in [2.75, 3.05) is 32.3 Å². The zero-order chi connectivity index (χ0) is 11.9. The van der Waals surface area contributed by atoms with Gasteiger partial charge in [-0.2, -0.15) is 0 Å². The van der Waals surface area contributed by atoms with Crippen LogP contribution in [-0.4, -0.2) is 35.8 Å². The zero-order valence-corrected chi connectivity index (χ0v) is 11.0. The van der Waals surface area contributed by atoms with Crippen molar-refractivity contribution in [1.82, 2.24) is 0 Å². The molecule has 1 aromatic rings. The number of anilines is 1. The molecule has 0 saturated heterocycles. The van der Waals surface area contributed by atoms with Crippen LogP contribution in [0.5, 0.6) is 0 Å². The van der Waals surface area contributed by atoms with E-state index in [9.17, 15) is 0 Å². The maximum Gasteiger partial charge on any atom is 0.520 e. The number of hydrogen-bond donors (Lipinski definition) is 1. The van der Waals surface area contributed by atoms with Crippen LogP contribution in [0.25, 0.3) is 0 Å². The highest BCUT2D eigenvalue weighted by Gasteiger charge is 2.38. The predicted molar refractivity (Wildman–Crippen MR) is 66.3 cm³/mol. The highest BCUT2D eigenvalue weighted by atomic mass is 28.4. The molecule has 0 unspecified atom stereocenters. The monoisotopic (exact) mass is 241 g/mol. The second-order valence-corrected chi connectivity index (χ2v) is 6.07. The molecule has 1 rings (SSSR count). The van der Waals surface area contributed by atoms with Crippen LogP contribution in [0.3, 0.4) is 0 Å². The lowest BCUT2D eigenvalue weighted by Crippen LogP contribution is -2.50. The fourth-order valence-electron chi connectivity index (χ4n) is 1.38. The summed E-state index contributed by atoms with van der Waals surface area (Å²) in [7, 11) is 0.709. The standard InChI is InChI=1S/C11H19NO3Si/c1-4-15-16(13-2,14-3)10-12-11-8-6-5-7-9-11/h5-9,12H,4,10H2,1-3H3. The molecule has 1 N–H and O–H groups in total. The van der Waals surface area contributed by atoms with Gasteiger partial charge in [0.15, 0.2) is 0 Å². The Bertz CT molecular complexity index is 291. The van der Waals surface area contributed by atoms with Crippen molar-refractivity contribution >= 4 is 14.5 Å². The smallest absolute Gasteiger partial charge is 0.381 e. The third kappa shape index (κ3) is 3.60. The Labute approximate surface area is 97.9 Å². The van der Waals surface area contributed by atoms with Crippen molar-refractivity contribution < 1.29 is 13.3 Å². The SMILES string of the molecule is CCO[Si](CNc1ccccc1)(OC)OC. The van der Waals surface area contributed by atoms with Crippen LogP contribution in [0, 0.1) is 0 Å². The normalized spacial score (nSPS) is 11.4. The minimum absolute atomic E-state index is 0.567. The van der Waals surface area contributed by atoms with Gasteiger partial charge in [0.05, 0.1) is 6.17 Å². The molecule has 0 aliphatic rings. The van der Waals surface area contributed by atoms with E-state index >= 15 is 0 Å². The molecule has 4 nitrogen and oxygen atoms in total. The largest absolute Gasteiger partial charge is 0.520 e. The van der Waals surface area contributed by atoms with Gasteiger partial charge in [-0.1, -0.05) is 18.2 Å². The van der Waals surface area contributed by atoms with E-state index < -0.39 is 8.80 Å². The quantitative estimate of drug-likeness (QED) is 0.740. The highest BCUT2D eigenvalue weighted by molar-refractivity contribution is 6.61. The van der Waals surface area contributed by atoms with Gasteiger partial charge in [0.2, 0.25) is 0 Å². The number of hydrogen-bond acceptors (Lipinski definition) is 4.